The topological polar surface area (TPSA) is 65.9 Å². The van der Waals surface area contributed by atoms with Gasteiger partial charge in [-0.15, -0.1) is 0 Å². The van der Waals surface area contributed by atoms with Crippen molar-refractivity contribution in [1.29, 1.82) is 0 Å². The summed E-state index contributed by atoms with van der Waals surface area (Å²) in [5.41, 5.74) is -0.189. The van der Waals surface area contributed by atoms with E-state index in [1.54, 1.807) is 17.2 Å². The molecule has 8 heteroatoms. The van der Waals surface area contributed by atoms with E-state index >= 15 is 0 Å². The highest BCUT2D eigenvalue weighted by atomic mass is 79.9. The number of aromatic nitrogens is 1. The summed E-state index contributed by atoms with van der Waals surface area (Å²) in [6, 6.07) is 3.11. The summed E-state index contributed by atoms with van der Waals surface area (Å²) < 4.78 is 2.18. The van der Waals surface area contributed by atoms with Gasteiger partial charge in [0.05, 0.1) is 6.54 Å². The van der Waals surface area contributed by atoms with Crippen LogP contribution in [0.4, 0.5) is 0 Å². The molecule has 0 aliphatic carbocycles. The molecule has 1 aromatic rings. The van der Waals surface area contributed by atoms with Crippen molar-refractivity contribution in [1.82, 2.24) is 19.3 Å². The zero-order valence-corrected chi connectivity index (χ0v) is 15.8. The van der Waals surface area contributed by atoms with Crippen LogP contribution in [-0.2, 0) is 16.1 Å². The lowest BCUT2D eigenvalue weighted by molar-refractivity contribution is -0.135. The van der Waals surface area contributed by atoms with Crippen LogP contribution < -0.4 is 5.56 Å². The van der Waals surface area contributed by atoms with Gasteiger partial charge in [-0.2, -0.15) is 0 Å². The largest absolute Gasteiger partial charge is 0.342 e. The van der Waals surface area contributed by atoms with Gasteiger partial charge >= 0.3 is 0 Å². The third-order valence-corrected chi connectivity index (χ3v) is 5.26. The molecular weight excluding hydrogens is 388 g/mol. The summed E-state index contributed by atoms with van der Waals surface area (Å²) in [5.74, 6) is 0.128. The van der Waals surface area contributed by atoms with Crippen LogP contribution in [0, 0.1) is 0 Å². The van der Waals surface area contributed by atoms with Crippen molar-refractivity contribution in [3.8, 4) is 0 Å². The van der Waals surface area contributed by atoms with Crippen LogP contribution >= 0.6 is 15.9 Å². The maximum absolute atomic E-state index is 12.4. The molecule has 0 bridgehead atoms. The highest BCUT2D eigenvalue weighted by Crippen LogP contribution is 2.10. The Morgan fingerprint density at radius 2 is 1.48 bits per heavy atom. The molecule has 7 nitrogen and oxygen atoms in total. The van der Waals surface area contributed by atoms with Crippen LogP contribution in [-0.4, -0.2) is 76.9 Å². The molecule has 3 rings (SSSR count). The fourth-order valence-electron chi connectivity index (χ4n) is 3.28. The first-order valence-electron chi connectivity index (χ1n) is 8.67. The number of nitrogens with zero attached hydrogens (tertiary/aromatic N) is 4. The van der Waals surface area contributed by atoms with Gasteiger partial charge < -0.3 is 14.4 Å². The minimum Gasteiger partial charge on any atom is -0.342 e. The van der Waals surface area contributed by atoms with Crippen molar-refractivity contribution in [3.63, 3.8) is 0 Å². The van der Waals surface area contributed by atoms with Gasteiger partial charge in [0.2, 0.25) is 11.8 Å². The fourth-order valence-corrected chi connectivity index (χ4v) is 3.66. The number of halogens is 1. The van der Waals surface area contributed by atoms with Crippen molar-refractivity contribution in [2.24, 2.45) is 0 Å². The number of pyridine rings is 1. The molecule has 0 aromatic carbocycles. The van der Waals surface area contributed by atoms with Gasteiger partial charge in [-0.05, 0) is 34.8 Å². The Balaban J connectivity index is 1.48. The Hall–Kier alpha value is -1.67. The van der Waals surface area contributed by atoms with Crippen LogP contribution in [0.15, 0.2) is 27.6 Å². The molecular formula is C17H23BrN4O3. The molecule has 2 amide bonds. The normalized spacial score (nSPS) is 18.6. The van der Waals surface area contributed by atoms with E-state index in [9.17, 15) is 14.4 Å². The van der Waals surface area contributed by atoms with E-state index in [-0.39, 0.29) is 23.9 Å². The molecule has 3 heterocycles. The minimum absolute atomic E-state index is 0.0466. The van der Waals surface area contributed by atoms with Crippen LogP contribution in [0.5, 0.6) is 0 Å². The van der Waals surface area contributed by atoms with E-state index in [2.05, 4.69) is 20.8 Å². The number of hydrogen-bond acceptors (Lipinski definition) is 4. The first kappa shape index (κ1) is 18.1. The van der Waals surface area contributed by atoms with Gasteiger partial charge in [-0.25, -0.2) is 0 Å². The molecule has 2 saturated heterocycles. The van der Waals surface area contributed by atoms with Crippen LogP contribution in [0.2, 0.25) is 0 Å². The summed E-state index contributed by atoms with van der Waals surface area (Å²) in [5, 5.41) is 0. The molecule has 0 spiro atoms. The summed E-state index contributed by atoms with van der Waals surface area (Å²) in [6.07, 6.45) is 3.83. The van der Waals surface area contributed by atoms with Crippen molar-refractivity contribution in [2.75, 3.05) is 45.8 Å². The molecule has 0 radical (unpaired) electrons. The minimum atomic E-state index is -0.189. The van der Waals surface area contributed by atoms with Crippen molar-refractivity contribution < 1.29 is 9.59 Å². The highest BCUT2D eigenvalue weighted by Gasteiger charge is 2.25. The SMILES string of the molecule is O=C(CN1CCN(C(=O)Cn2cc(Br)ccc2=O)CC1)N1CCCC1. The van der Waals surface area contributed by atoms with E-state index in [0.29, 0.717) is 32.7 Å². The van der Waals surface area contributed by atoms with Crippen molar-refractivity contribution in [2.45, 2.75) is 19.4 Å². The number of rotatable bonds is 4. The Labute approximate surface area is 155 Å². The average Bonchev–Trinajstić information content (AvgIpc) is 3.13. The lowest BCUT2D eigenvalue weighted by atomic mass is 10.3. The van der Waals surface area contributed by atoms with E-state index in [1.165, 1.54) is 10.6 Å². The maximum Gasteiger partial charge on any atom is 0.251 e. The molecule has 0 N–H and O–H groups in total. The van der Waals surface area contributed by atoms with Crippen LogP contribution in [0.3, 0.4) is 0 Å². The number of carbonyl (C=O) groups excluding carboxylic acids is 2. The molecule has 2 aliphatic rings. The maximum atomic E-state index is 12.4. The van der Waals surface area contributed by atoms with Gasteiger partial charge in [-0.1, -0.05) is 0 Å². The second-order valence-corrected chi connectivity index (χ2v) is 7.47. The lowest BCUT2D eigenvalue weighted by Crippen LogP contribution is -2.52. The first-order chi connectivity index (χ1) is 12.0. The molecule has 2 aliphatic heterocycles. The predicted octanol–water partition coefficient (Wildman–Crippen LogP) is 0.377. The summed E-state index contributed by atoms with van der Waals surface area (Å²) in [7, 11) is 0. The monoisotopic (exact) mass is 410 g/mol. The van der Waals surface area contributed by atoms with Gasteiger partial charge in [0.25, 0.3) is 5.56 Å². The smallest absolute Gasteiger partial charge is 0.251 e. The van der Waals surface area contributed by atoms with Crippen LogP contribution in [0.25, 0.3) is 0 Å². The molecule has 136 valence electrons. The summed E-state index contributed by atoms with van der Waals surface area (Å²) >= 11 is 3.31. The summed E-state index contributed by atoms with van der Waals surface area (Å²) in [4.78, 5) is 42.2. The molecule has 0 unspecified atom stereocenters. The highest BCUT2D eigenvalue weighted by molar-refractivity contribution is 9.10. The number of hydrogen-bond donors (Lipinski definition) is 0. The third kappa shape index (κ3) is 4.70. The fraction of sp³-hybridized carbons (Fsp3) is 0.588. The van der Waals surface area contributed by atoms with Crippen molar-refractivity contribution >= 4 is 27.7 Å². The standard InChI is InChI=1S/C17H23BrN4O3/c18-14-3-4-15(23)22(11-14)13-17(25)21-9-7-19(8-10-21)12-16(24)20-5-1-2-6-20/h3-4,11H,1-2,5-10,12-13H2. The Morgan fingerprint density at radius 1 is 0.880 bits per heavy atom. The predicted molar refractivity (Wildman–Crippen MR) is 97.2 cm³/mol. The van der Waals surface area contributed by atoms with Crippen molar-refractivity contribution in [3.05, 3.63) is 33.2 Å². The number of likely N-dealkylation sites (tertiary alicyclic amines) is 1. The summed E-state index contributed by atoms with van der Waals surface area (Å²) in [6.45, 7) is 4.80. The Bertz CT molecular complexity index is 691. The van der Waals surface area contributed by atoms with Gasteiger partial charge in [-0.3, -0.25) is 19.3 Å². The number of piperazine rings is 1. The second-order valence-electron chi connectivity index (χ2n) is 6.56. The molecule has 2 fully saturated rings. The lowest BCUT2D eigenvalue weighted by Gasteiger charge is -2.35. The van der Waals surface area contributed by atoms with E-state index in [0.717, 1.165) is 30.4 Å². The second kappa shape index (κ2) is 8.14. The Morgan fingerprint density at radius 3 is 2.16 bits per heavy atom. The zero-order chi connectivity index (χ0) is 17.8. The average molecular weight is 411 g/mol. The van der Waals surface area contributed by atoms with Gasteiger partial charge in [0.1, 0.15) is 6.54 Å². The molecule has 0 atom stereocenters. The first-order valence-corrected chi connectivity index (χ1v) is 9.46. The quantitative estimate of drug-likeness (QED) is 0.719. The van der Waals surface area contributed by atoms with Gasteiger partial charge in [0.15, 0.2) is 0 Å². The van der Waals surface area contributed by atoms with Crippen LogP contribution in [0.1, 0.15) is 12.8 Å². The molecule has 0 saturated carbocycles. The molecule has 1 aromatic heterocycles. The Kier molecular flexibility index (Phi) is 5.90. The van der Waals surface area contributed by atoms with Gasteiger partial charge in [0, 0.05) is 56.0 Å². The van der Waals surface area contributed by atoms with E-state index in [4.69, 9.17) is 0 Å². The molecule has 25 heavy (non-hydrogen) atoms. The van der Waals surface area contributed by atoms with E-state index in [1.807, 2.05) is 4.90 Å². The zero-order valence-electron chi connectivity index (χ0n) is 14.2. The number of amides is 2. The van der Waals surface area contributed by atoms with E-state index < -0.39 is 0 Å². The number of carbonyl (C=O) groups is 2. The third-order valence-electron chi connectivity index (χ3n) is 4.80.